The quantitative estimate of drug-likeness (QED) is 0.837. The molecule has 0 bridgehead atoms. The molecule has 2 atom stereocenters. The van der Waals surface area contributed by atoms with Crippen molar-refractivity contribution in [2.45, 2.75) is 51.6 Å². The number of benzene rings is 1. The van der Waals surface area contributed by atoms with Crippen LogP contribution in [0.5, 0.6) is 5.75 Å². The molecule has 1 amide bonds. The Morgan fingerprint density at radius 1 is 1.26 bits per heavy atom. The van der Waals surface area contributed by atoms with Crippen molar-refractivity contribution in [2.24, 2.45) is 0 Å². The van der Waals surface area contributed by atoms with Crippen molar-refractivity contribution in [1.29, 1.82) is 0 Å². The van der Waals surface area contributed by atoms with Crippen molar-refractivity contribution >= 4 is 5.91 Å². The minimum Gasteiger partial charge on any atom is -0.496 e. The van der Waals surface area contributed by atoms with Gasteiger partial charge in [-0.15, -0.1) is 0 Å². The molecule has 0 N–H and O–H groups in total. The fraction of sp³-hybridized carbons (Fsp3) is 0.562. The molecule has 1 aliphatic rings. The molecule has 0 saturated carbocycles. The van der Waals surface area contributed by atoms with Gasteiger partial charge in [-0.05, 0) is 39.2 Å². The second-order valence-electron chi connectivity index (χ2n) is 5.42. The van der Waals surface area contributed by atoms with Gasteiger partial charge in [0, 0.05) is 17.6 Å². The molecule has 0 aliphatic carbocycles. The molecular weight excluding hydrogens is 238 g/mol. The molecule has 0 aromatic heterocycles. The summed E-state index contributed by atoms with van der Waals surface area (Å²) >= 11 is 0. The molecular formula is C16H23NO2. The average Bonchev–Trinajstić information content (AvgIpc) is 2.39. The molecule has 19 heavy (non-hydrogen) atoms. The number of hydrogen-bond donors (Lipinski definition) is 0. The average molecular weight is 261 g/mol. The van der Waals surface area contributed by atoms with Crippen molar-refractivity contribution < 1.29 is 9.53 Å². The van der Waals surface area contributed by atoms with E-state index in [1.807, 2.05) is 24.3 Å². The highest BCUT2D eigenvalue weighted by atomic mass is 16.5. The minimum atomic E-state index is 0.212. The highest BCUT2D eigenvalue weighted by Crippen LogP contribution is 2.25. The number of ether oxygens (including phenoxy) is 1. The van der Waals surface area contributed by atoms with E-state index in [1.54, 1.807) is 7.11 Å². The third-order valence-corrected chi connectivity index (χ3v) is 4.02. The number of carbonyl (C=O) groups excluding carboxylic acids is 1. The van der Waals surface area contributed by atoms with Crippen LogP contribution in [0.2, 0.25) is 0 Å². The van der Waals surface area contributed by atoms with Gasteiger partial charge in [-0.25, -0.2) is 0 Å². The Balaban J connectivity index is 2.11. The third kappa shape index (κ3) is 3.09. The van der Waals surface area contributed by atoms with Crippen LogP contribution in [-0.4, -0.2) is 30.0 Å². The number of amides is 1. The minimum absolute atomic E-state index is 0.212. The largest absolute Gasteiger partial charge is 0.496 e. The monoisotopic (exact) mass is 261 g/mol. The number of para-hydroxylation sites is 1. The SMILES string of the molecule is COc1ccccc1CC(=O)N1C(C)CCCC1C. The topological polar surface area (TPSA) is 29.5 Å². The normalized spacial score (nSPS) is 23.2. The lowest BCUT2D eigenvalue weighted by molar-refractivity contribution is -0.136. The molecule has 1 heterocycles. The van der Waals surface area contributed by atoms with E-state index in [-0.39, 0.29) is 5.91 Å². The van der Waals surface area contributed by atoms with Crippen LogP contribution in [0, 0.1) is 0 Å². The summed E-state index contributed by atoms with van der Waals surface area (Å²) in [5, 5.41) is 0. The van der Waals surface area contributed by atoms with E-state index < -0.39 is 0 Å². The second kappa shape index (κ2) is 6.09. The van der Waals surface area contributed by atoms with Crippen LogP contribution >= 0.6 is 0 Å². The molecule has 1 saturated heterocycles. The van der Waals surface area contributed by atoms with Crippen LogP contribution in [0.4, 0.5) is 0 Å². The lowest BCUT2D eigenvalue weighted by atomic mass is 9.96. The van der Waals surface area contributed by atoms with Crippen molar-refractivity contribution in [2.75, 3.05) is 7.11 Å². The van der Waals surface area contributed by atoms with Crippen LogP contribution in [0.3, 0.4) is 0 Å². The molecule has 1 aliphatic heterocycles. The van der Waals surface area contributed by atoms with Gasteiger partial charge in [-0.1, -0.05) is 18.2 Å². The van der Waals surface area contributed by atoms with Crippen LogP contribution in [-0.2, 0) is 11.2 Å². The Bertz CT molecular complexity index is 434. The summed E-state index contributed by atoms with van der Waals surface area (Å²) in [5.41, 5.74) is 0.972. The van der Waals surface area contributed by atoms with Gasteiger partial charge in [-0.3, -0.25) is 4.79 Å². The van der Waals surface area contributed by atoms with E-state index in [0.29, 0.717) is 18.5 Å². The Labute approximate surface area is 115 Å². The lowest BCUT2D eigenvalue weighted by Crippen LogP contribution is -2.48. The summed E-state index contributed by atoms with van der Waals surface area (Å²) in [6, 6.07) is 8.46. The van der Waals surface area contributed by atoms with Gasteiger partial charge in [0.25, 0.3) is 0 Å². The molecule has 0 radical (unpaired) electrons. The van der Waals surface area contributed by atoms with Crippen LogP contribution in [0.1, 0.15) is 38.7 Å². The van der Waals surface area contributed by atoms with Crippen molar-refractivity contribution in [1.82, 2.24) is 4.90 Å². The zero-order chi connectivity index (χ0) is 13.8. The van der Waals surface area contributed by atoms with Gasteiger partial charge >= 0.3 is 0 Å². The first kappa shape index (κ1) is 13.9. The molecule has 1 aromatic rings. The maximum absolute atomic E-state index is 12.5. The van der Waals surface area contributed by atoms with Gasteiger partial charge in [-0.2, -0.15) is 0 Å². The number of likely N-dealkylation sites (tertiary alicyclic amines) is 1. The number of piperidine rings is 1. The highest BCUT2D eigenvalue weighted by Gasteiger charge is 2.29. The summed E-state index contributed by atoms with van der Waals surface area (Å²) in [7, 11) is 1.65. The number of hydrogen-bond acceptors (Lipinski definition) is 2. The molecule has 0 spiro atoms. The lowest BCUT2D eigenvalue weighted by Gasteiger charge is -2.39. The number of methoxy groups -OCH3 is 1. The van der Waals surface area contributed by atoms with Crippen LogP contribution in [0.25, 0.3) is 0 Å². The van der Waals surface area contributed by atoms with Gasteiger partial charge < -0.3 is 9.64 Å². The Hall–Kier alpha value is -1.51. The van der Waals surface area contributed by atoms with Crippen molar-refractivity contribution in [3.8, 4) is 5.75 Å². The van der Waals surface area contributed by atoms with E-state index in [9.17, 15) is 4.79 Å². The zero-order valence-corrected chi connectivity index (χ0v) is 12.1. The predicted molar refractivity (Wildman–Crippen MR) is 76.3 cm³/mol. The maximum Gasteiger partial charge on any atom is 0.227 e. The van der Waals surface area contributed by atoms with Crippen molar-refractivity contribution in [3.63, 3.8) is 0 Å². The van der Waals surface area contributed by atoms with Gasteiger partial charge in [0.1, 0.15) is 5.75 Å². The standard InChI is InChI=1S/C16H23NO2/c1-12-7-6-8-13(2)17(12)16(18)11-14-9-4-5-10-15(14)19-3/h4-5,9-10,12-13H,6-8,11H2,1-3H3. The fourth-order valence-corrected chi connectivity index (χ4v) is 3.02. The van der Waals surface area contributed by atoms with Gasteiger partial charge in [0.15, 0.2) is 0 Å². The Morgan fingerprint density at radius 2 is 1.89 bits per heavy atom. The highest BCUT2D eigenvalue weighted by molar-refractivity contribution is 5.80. The van der Waals surface area contributed by atoms with Crippen LogP contribution in [0.15, 0.2) is 24.3 Å². The summed E-state index contributed by atoms with van der Waals surface area (Å²) in [6.07, 6.45) is 3.88. The summed E-state index contributed by atoms with van der Waals surface area (Å²) in [4.78, 5) is 14.6. The molecule has 3 heteroatoms. The van der Waals surface area contributed by atoms with E-state index in [4.69, 9.17) is 4.74 Å². The van der Waals surface area contributed by atoms with E-state index >= 15 is 0 Å². The maximum atomic E-state index is 12.5. The summed E-state index contributed by atoms with van der Waals surface area (Å²) < 4.78 is 5.32. The predicted octanol–water partition coefficient (Wildman–Crippen LogP) is 3.03. The van der Waals surface area contributed by atoms with Gasteiger partial charge in [0.2, 0.25) is 5.91 Å². The van der Waals surface area contributed by atoms with E-state index in [0.717, 1.165) is 24.2 Å². The fourth-order valence-electron chi connectivity index (χ4n) is 3.02. The second-order valence-corrected chi connectivity index (χ2v) is 5.42. The molecule has 104 valence electrons. The third-order valence-electron chi connectivity index (χ3n) is 4.02. The summed E-state index contributed by atoms with van der Waals surface area (Å²) in [5.74, 6) is 1.01. The Morgan fingerprint density at radius 3 is 2.53 bits per heavy atom. The van der Waals surface area contributed by atoms with Crippen LogP contribution < -0.4 is 4.74 Å². The number of nitrogens with zero attached hydrogens (tertiary/aromatic N) is 1. The zero-order valence-electron chi connectivity index (χ0n) is 12.1. The molecule has 1 aromatic carbocycles. The Kier molecular flexibility index (Phi) is 4.46. The molecule has 1 fully saturated rings. The number of rotatable bonds is 3. The smallest absolute Gasteiger partial charge is 0.227 e. The summed E-state index contributed by atoms with van der Waals surface area (Å²) in [6.45, 7) is 4.30. The van der Waals surface area contributed by atoms with E-state index in [2.05, 4.69) is 18.7 Å². The molecule has 3 nitrogen and oxygen atoms in total. The molecule has 2 unspecified atom stereocenters. The first-order chi connectivity index (χ1) is 9.13. The van der Waals surface area contributed by atoms with Gasteiger partial charge in [0.05, 0.1) is 13.5 Å². The molecule has 2 rings (SSSR count). The van der Waals surface area contributed by atoms with Crippen molar-refractivity contribution in [3.05, 3.63) is 29.8 Å². The first-order valence-corrected chi connectivity index (χ1v) is 7.06. The van der Waals surface area contributed by atoms with E-state index in [1.165, 1.54) is 6.42 Å². The first-order valence-electron chi connectivity index (χ1n) is 7.06. The number of carbonyl (C=O) groups is 1.